The second-order valence-corrected chi connectivity index (χ2v) is 7.94. The number of nitrogens with zero attached hydrogens (tertiary/aromatic N) is 2. The van der Waals surface area contributed by atoms with Crippen LogP contribution >= 0.6 is 23.2 Å². The van der Waals surface area contributed by atoms with E-state index in [9.17, 15) is 4.55 Å². The van der Waals surface area contributed by atoms with Crippen LogP contribution in [0.2, 0.25) is 10.0 Å². The number of benzene rings is 2. The van der Waals surface area contributed by atoms with Gasteiger partial charge in [0, 0.05) is 18.2 Å². The Hall–Kier alpha value is -2.10. The van der Waals surface area contributed by atoms with Crippen molar-refractivity contribution in [1.82, 2.24) is 9.78 Å². The summed E-state index contributed by atoms with van der Waals surface area (Å²) in [6.45, 7) is 3.79. The van der Waals surface area contributed by atoms with Gasteiger partial charge in [-0.15, -0.1) is 0 Å². The standard InChI is InChI=1S/C20H18Cl2N3OS/c1-13-19(14(2)25(3)23-13)24-27(26)20-17(21)11-16(12-18(20)22)10-9-15-7-5-4-6-8-15/h4-8,11-12,24,26H,1-3H3/q+1. The maximum atomic E-state index is 10.7. The second-order valence-electron chi connectivity index (χ2n) is 5.94. The Morgan fingerprint density at radius 2 is 1.63 bits per heavy atom. The molecule has 0 fully saturated rings. The summed E-state index contributed by atoms with van der Waals surface area (Å²) in [7, 11) is 1.85. The van der Waals surface area contributed by atoms with Crippen LogP contribution in [-0.2, 0) is 18.4 Å². The smallest absolute Gasteiger partial charge is 0.270 e. The summed E-state index contributed by atoms with van der Waals surface area (Å²) in [6.07, 6.45) is 0. The summed E-state index contributed by atoms with van der Waals surface area (Å²) in [5, 5.41) is 5.05. The van der Waals surface area contributed by atoms with E-state index in [1.165, 1.54) is 0 Å². The Kier molecular flexibility index (Phi) is 6.03. The van der Waals surface area contributed by atoms with Gasteiger partial charge in [0.05, 0.1) is 11.4 Å². The molecule has 0 aliphatic rings. The van der Waals surface area contributed by atoms with Gasteiger partial charge in [-0.25, -0.2) is 0 Å². The number of nitrogens with one attached hydrogen (secondary N) is 1. The largest absolute Gasteiger partial charge is 0.306 e. The third-order valence-electron chi connectivity index (χ3n) is 4.02. The van der Waals surface area contributed by atoms with Crippen LogP contribution in [0.25, 0.3) is 0 Å². The SMILES string of the molecule is Cc1nn(C)c(C)c1N[S+](O)c1c(Cl)cc(C#Cc2ccccc2)cc1Cl. The van der Waals surface area contributed by atoms with E-state index in [2.05, 4.69) is 21.7 Å². The molecule has 1 atom stereocenters. The molecule has 0 aliphatic heterocycles. The minimum atomic E-state index is -1.38. The van der Waals surface area contributed by atoms with E-state index < -0.39 is 11.4 Å². The van der Waals surface area contributed by atoms with Crippen molar-refractivity contribution < 1.29 is 4.55 Å². The Morgan fingerprint density at radius 1 is 1.04 bits per heavy atom. The van der Waals surface area contributed by atoms with Gasteiger partial charge in [0.2, 0.25) is 0 Å². The molecule has 0 aliphatic carbocycles. The van der Waals surface area contributed by atoms with Crippen LogP contribution in [0.15, 0.2) is 47.4 Å². The van der Waals surface area contributed by atoms with Crippen molar-refractivity contribution in [3.05, 3.63) is 75.0 Å². The molecule has 1 aromatic heterocycles. The molecule has 1 unspecified atom stereocenters. The van der Waals surface area contributed by atoms with Crippen molar-refractivity contribution in [1.29, 1.82) is 0 Å². The van der Waals surface area contributed by atoms with E-state index in [1.807, 2.05) is 51.2 Å². The molecule has 0 amide bonds. The molecule has 0 spiro atoms. The van der Waals surface area contributed by atoms with Gasteiger partial charge in [-0.3, -0.25) is 4.68 Å². The highest BCUT2D eigenvalue weighted by Gasteiger charge is 2.30. The van der Waals surface area contributed by atoms with Crippen LogP contribution in [0.4, 0.5) is 5.69 Å². The van der Waals surface area contributed by atoms with E-state index in [-0.39, 0.29) is 0 Å². The average molecular weight is 419 g/mol. The van der Waals surface area contributed by atoms with Crippen molar-refractivity contribution in [2.45, 2.75) is 18.7 Å². The predicted octanol–water partition coefficient (Wildman–Crippen LogP) is 5.22. The lowest BCUT2D eigenvalue weighted by atomic mass is 10.2. The fourth-order valence-corrected chi connectivity index (χ4v) is 4.56. The van der Waals surface area contributed by atoms with Crippen LogP contribution < -0.4 is 4.72 Å². The first-order chi connectivity index (χ1) is 12.9. The van der Waals surface area contributed by atoms with E-state index in [0.717, 1.165) is 22.6 Å². The third-order valence-corrected chi connectivity index (χ3v) is 6.07. The molecular formula is C20H18Cl2N3OS+. The van der Waals surface area contributed by atoms with E-state index >= 15 is 0 Å². The van der Waals surface area contributed by atoms with Crippen molar-refractivity contribution in [2.24, 2.45) is 7.05 Å². The van der Waals surface area contributed by atoms with Gasteiger partial charge in [-0.2, -0.15) is 14.4 Å². The lowest BCUT2D eigenvalue weighted by Crippen LogP contribution is -2.15. The Morgan fingerprint density at radius 3 is 2.19 bits per heavy atom. The molecular weight excluding hydrogens is 401 g/mol. The van der Waals surface area contributed by atoms with Crippen molar-refractivity contribution in [3.63, 3.8) is 0 Å². The lowest BCUT2D eigenvalue weighted by Gasteiger charge is -2.06. The van der Waals surface area contributed by atoms with Gasteiger partial charge < -0.3 is 0 Å². The summed E-state index contributed by atoms with van der Waals surface area (Å²) < 4.78 is 15.5. The van der Waals surface area contributed by atoms with Gasteiger partial charge in [0.25, 0.3) is 4.90 Å². The quantitative estimate of drug-likeness (QED) is 0.452. The minimum Gasteiger partial charge on any atom is -0.270 e. The van der Waals surface area contributed by atoms with E-state index in [4.69, 9.17) is 23.2 Å². The van der Waals surface area contributed by atoms with Gasteiger partial charge in [-0.1, -0.05) is 53.2 Å². The van der Waals surface area contributed by atoms with Crippen molar-refractivity contribution in [3.8, 4) is 11.8 Å². The molecule has 4 nitrogen and oxygen atoms in total. The summed E-state index contributed by atoms with van der Waals surface area (Å²) >= 11 is 11.4. The zero-order valence-electron chi connectivity index (χ0n) is 15.0. The molecule has 7 heteroatoms. The molecule has 27 heavy (non-hydrogen) atoms. The summed E-state index contributed by atoms with van der Waals surface area (Å²) in [4.78, 5) is 0.436. The fourth-order valence-electron chi connectivity index (χ4n) is 2.55. The molecule has 138 valence electrons. The Balaban J connectivity index is 1.87. The second kappa shape index (κ2) is 8.28. The first-order valence-electron chi connectivity index (χ1n) is 8.13. The number of rotatable bonds is 3. The van der Waals surface area contributed by atoms with E-state index in [0.29, 0.717) is 20.5 Å². The fraction of sp³-hybridized carbons (Fsp3) is 0.150. The van der Waals surface area contributed by atoms with Gasteiger partial charge in [0.1, 0.15) is 15.7 Å². The molecule has 0 saturated heterocycles. The Labute approximate surface area is 171 Å². The zero-order chi connectivity index (χ0) is 19.6. The molecule has 3 aromatic rings. The topological polar surface area (TPSA) is 50.1 Å². The van der Waals surface area contributed by atoms with Crippen LogP contribution in [0.3, 0.4) is 0 Å². The summed E-state index contributed by atoms with van der Waals surface area (Å²) in [5.74, 6) is 6.12. The first kappa shape index (κ1) is 19.7. The normalized spacial score (nSPS) is 11.6. The number of hydrogen-bond donors (Lipinski definition) is 2. The molecule has 1 heterocycles. The maximum absolute atomic E-state index is 10.7. The summed E-state index contributed by atoms with van der Waals surface area (Å²) in [5.41, 5.74) is 4.06. The van der Waals surface area contributed by atoms with E-state index in [1.54, 1.807) is 16.8 Å². The number of aromatic nitrogens is 2. The number of hydrogen-bond acceptors (Lipinski definition) is 3. The minimum absolute atomic E-state index is 0.359. The first-order valence-corrected chi connectivity index (χ1v) is 10.1. The predicted molar refractivity (Wildman–Crippen MR) is 113 cm³/mol. The molecule has 2 aromatic carbocycles. The van der Waals surface area contributed by atoms with Gasteiger partial charge in [0.15, 0.2) is 0 Å². The molecule has 0 radical (unpaired) electrons. The highest BCUT2D eigenvalue weighted by atomic mass is 35.5. The number of halogens is 2. The van der Waals surface area contributed by atoms with Crippen molar-refractivity contribution in [2.75, 3.05) is 4.72 Å². The number of anilines is 1. The third kappa shape index (κ3) is 4.42. The Bertz CT molecular complexity index is 1020. The van der Waals surface area contributed by atoms with Crippen LogP contribution in [0.5, 0.6) is 0 Å². The van der Waals surface area contributed by atoms with Crippen molar-refractivity contribution >= 4 is 40.3 Å². The average Bonchev–Trinajstić information content (AvgIpc) is 2.86. The maximum Gasteiger partial charge on any atom is 0.306 e. The zero-order valence-corrected chi connectivity index (χ0v) is 17.4. The monoisotopic (exact) mass is 418 g/mol. The van der Waals surface area contributed by atoms with Crippen LogP contribution in [-0.4, -0.2) is 14.3 Å². The molecule has 0 bridgehead atoms. The highest BCUT2D eigenvalue weighted by molar-refractivity contribution is 7.93. The molecule has 2 N–H and O–H groups in total. The highest BCUT2D eigenvalue weighted by Crippen LogP contribution is 2.33. The summed E-state index contributed by atoms with van der Waals surface area (Å²) in [6, 6.07) is 13.1. The van der Waals surface area contributed by atoms with Gasteiger partial charge >= 0.3 is 11.4 Å². The van der Waals surface area contributed by atoms with Crippen LogP contribution in [0.1, 0.15) is 22.5 Å². The molecule has 3 rings (SSSR count). The van der Waals surface area contributed by atoms with Crippen LogP contribution in [0, 0.1) is 25.7 Å². The lowest BCUT2D eigenvalue weighted by molar-refractivity contribution is 0.644. The number of aryl methyl sites for hydroxylation is 2. The van der Waals surface area contributed by atoms with Gasteiger partial charge in [-0.05, 0) is 38.1 Å². The molecule has 0 saturated carbocycles.